The van der Waals surface area contributed by atoms with Crippen LogP contribution in [0.1, 0.15) is 43.6 Å². The zero-order valence-electron chi connectivity index (χ0n) is 15.2. The summed E-state index contributed by atoms with van der Waals surface area (Å²) in [5.41, 5.74) is 2.11. The number of rotatable bonds is 3. The van der Waals surface area contributed by atoms with Crippen molar-refractivity contribution in [2.24, 2.45) is 0 Å². The van der Waals surface area contributed by atoms with E-state index in [1.54, 1.807) is 0 Å². The molecular formula is C18H22BN3O3. The number of nitrogens with zero attached hydrogens (tertiary/aromatic N) is 2. The fourth-order valence-electron chi connectivity index (χ4n) is 2.51. The summed E-state index contributed by atoms with van der Waals surface area (Å²) < 4.78 is 12.2. The van der Waals surface area contributed by atoms with Gasteiger partial charge in [0, 0.05) is 18.1 Å². The van der Waals surface area contributed by atoms with E-state index < -0.39 is 18.3 Å². The zero-order valence-corrected chi connectivity index (χ0v) is 15.2. The lowest BCUT2D eigenvalue weighted by atomic mass is 9.78. The topological polar surface area (TPSA) is 73.3 Å². The molecule has 1 N–H and O–H groups in total. The van der Waals surface area contributed by atoms with Crippen molar-refractivity contribution in [3.05, 3.63) is 48.0 Å². The van der Waals surface area contributed by atoms with Crippen LogP contribution in [0.3, 0.4) is 0 Å². The Balaban J connectivity index is 1.83. The molecule has 25 heavy (non-hydrogen) atoms. The van der Waals surface area contributed by atoms with Crippen LogP contribution >= 0.6 is 0 Å². The molecule has 1 amide bonds. The van der Waals surface area contributed by atoms with E-state index in [9.17, 15) is 4.79 Å². The van der Waals surface area contributed by atoms with Gasteiger partial charge in [0.1, 0.15) is 6.33 Å². The van der Waals surface area contributed by atoms with E-state index in [0.29, 0.717) is 11.3 Å². The number of anilines is 1. The first-order chi connectivity index (χ1) is 11.7. The SMILES string of the molecule is Cc1ccc(B2OC(C)(C)C(C)(C)O2)cc1NC(=O)c1cncnc1. The molecule has 2 heterocycles. The normalized spacial score (nSPS) is 18.2. The van der Waals surface area contributed by atoms with Gasteiger partial charge in [0.05, 0.1) is 16.8 Å². The van der Waals surface area contributed by atoms with Crippen LogP contribution in [0.2, 0.25) is 0 Å². The molecule has 0 radical (unpaired) electrons. The number of benzene rings is 1. The molecule has 0 atom stereocenters. The average molecular weight is 339 g/mol. The predicted octanol–water partition coefficient (Wildman–Crippen LogP) is 2.34. The van der Waals surface area contributed by atoms with Gasteiger partial charge in [-0.05, 0) is 51.7 Å². The predicted molar refractivity (Wildman–Crippen MR) is 96.9 cm³/mol. The van der Waals surface area contributed by atoms with Gasteiger partial charge in [-0.2, -0.15) is 0 Å². The van der Waals surface area contributed by atoms with E-state index >= 15 is 0 Å². The molecular weight excluding hydrogens is 317 g/mol. The smallest absolute Gasteiger partial charge is 0.399 e. The third kappa shape index (κ3) is 3.43. The molecule has 2 aromatic rings. The van der Waals surface area contributed by atoms with E-state index in [0.717, 1.165) is 11.0 Å². The van der Waals surface area contributed by atoms with E-state index in [1.165, 1.54) is 18.7 Å². The molecule has 0 saturated carbocycles. The Bertz CT molecular complexity index is 777. The third-order valence-electron chi connectivity index (χ3n) is 4.86. The van der Waals surface area contributed by atoms with Crippen molar-refractivity contribution < 1.29 is 14.1 Å². The molecule has 6 nitrogen and oxygen atoms in total. The molecule has 0 aliphatic carbocycles. The summed E-state index contributed by atoms with van der Waals surface area (Å²) in [7, 11) is -0.471. The highest BCUT2D eigenvalue weighted by atomic mass is 16.7. The second-order valence-electron chi connectivity index (χ2n) is 7.24. The van der Waals surface area contributed by atoms with Crippen LogP contribution in [0.5, 0.6) is 0 Å². The molecule has 0 spiro atoms. The second-order valence-corrected chi connectivity index (χ2v) is 7.24. The van der Waals surface area contributed by atoms with Crippen molar-refractivity contribution in [2.75, 3.05) is 5.32 Å². The maximum atomic E-state index is 12.4. The quantitative estimate of drug-likeness (QED) is 0.869. The first-order valence-electron chi connectivity index (χ1n) is 8.22. The molecule has 130 valence electrons. The van der Waals surface area contributed by atoms with E-state index in [-0.39, 0.29) is 5.91 Å². The summed E-state index contributed by atoms with van der Waals surface area (Å²) in [6.45, 7) is 9.99. The van der Waals surface area contributed by atoms with Crippen LogP contribution in [0.15, 0.2) is 36.9 Å². The number of carbonyl (C=O) groups is 1. The minimum absolute atomic E-state index is 0.255. The fraction of sp³-hybridized carbons (Fsp3) is 0.389. The molecule has 1 saturated heterocycles. The molecule has 1 fully saturated rings. The highest BCUT2D eigenvalue weighted by Gasteiger charge is 2.51. The van der Waals surface area contributed by atoms with Crippen LogP contribution in [-0.2, 0) is 9.31 Å². The number of hydrogen-bond acceptors (Lipinski definition) is 5. The van der Waals surface area contributed by atoms with Gasteiger partial charge < -0.3 is 14.6 Å². The van der Waals surface area contributed by atoms with E-state index in [2.05, 4.69) is 15.3 Å². The average Bonchev–Trinajstić information content (AvgIpc) is 2.78. The summed E-state index contributed by atoms with van der Waals surface area (Å²) >= 11 is 0. The third-order valence-corrected chi connectivity index (χ3v) is 4.86. The van der Waals surface area contributed by atoms with Gasteiger partial charge >= 0.3 is 7.12 Å². The number of aryl methyl sites for hydroxylation is 1. The van der Waals surface area contributed by atoms with Crippen molar-refractivity contribution in [1.82, 2.24) is 9.97 Å². The standard InChI is InChI=1S/C18H22BN3O3/c1-12-6-7-14(19-24-17(2,3)18(4,5)25-19)8-15(12)22-16(23)13-9-20-11-21-10-13/h6-11H,1-5H3,(H,22,23). The van der Waals surface area contributed by atoms with Gasteiger partial charge in [-0.3, -0.25) is 4.79 Å². The molecule has 1 aliphatic rings. The van der Waals surface area contributed by atoms with Crippen LogP contribution in [-0.4, -0.2) is 34.2 Å². The lowest BCUT2D eigenvalue weighted by Crippen LogP contribution is -2.41. The summed E-state index contributed by atoms with van der Waals surface area (Å²) in [5, 5.41) is 2.90. The number of amides is 1. The number of aromatic nitrogens is 2. The molecule has 1 aromatic carbocycles. The highest BCUT2D eigenvalue weighted by molar-refractivity contribution is 6.62. The Labute approximate surface area is 148 Å². The number of nitrogens with one attached hydrogen (secondary N) is 1. The zero-order chi connectivity index (χ0) is 18.2. The van der Waals surface area contributed by atoms with Crippen molar-refractivity contribution in [3.8, 4) is 0 Å². The Morgan fingerprint density at radius 2 is 1.68 bits per heavy atom. The summed E-state index contributed by atoms with van der Waals surface area (Å²) in [4.78, 5) is 20.1. The molecule has 0 bridgehead atoms. The lowest BCUT2D eigenvalue weighted by molar-refractivity contribution is 0.00578. The van der Waals surface area contributed by atoms with Crippen LogP contribution in [0.4, 0.5) is 5.69 Å². The van der Waals surface area contributed by atoms with Gasteiger partial charge in [0.25, 0.3) is 5.91 Å². The maximum Gasteiger partial charge on any atom is 0.494 e. The summed E-state index contributed by atoms with van der Waals surface area (Å²) in [6, 6.07) is 5.79. The first kappa shape index (κ1) is 17.6. The summed E-state index contributed by atoms with van der Waals surface area (Å²) in [6.07, 6.45) is 4.35. The molecule has 0 unspecified atom stereocenters. The fourth-order valence-corrected chi connectivity index (χ4v) is 2.51. The van der Waals surface area contributed by atoms with Gasteiger partial charge in [-0.25, -0.2) is 9.97 Å². The van der Waals surface area contributed by atoms with Crippen LogP contribution < -0.4 is 10.8 Å². The Morgan fingerprint density at radius 1 is 1.08 bits per heavy atom. The Morgan fingerprint density at radius 3 is 2.28 bits per heavy atom. The molecule has 1 aliphatic heterocycles. The summed E-state index contributed by atoms with van der Waals surface area (Å²) in [5.74, 6) is -0.255. The van der Waals surface area contributed by atoms with Crippen molar-refractivity contribution in [3.63, 3.8) is 0 Å². The van der Waals surface area contributed by atoms with Gasteiger partial charge in [0.2, 0.25) is 0 Å². The van der Waals surface area contributed by atoms with Crippen molar-refractivity contribution in [1.29, 1.82) is 0 Å². The largest absolute Gasteiger partial charge is 0.494 e. The van der Waals surface area contributed by atoms with Crippen LogP contribution in [0.25, 0.3) is 0 Å². The van der Waals surface area contributed by atoms with Gasteiger partial charge in [0.15, 0.2) is 0 Å². The van der Waals surface area contributed by atoms with Gasteiger partial charge in [-0.15, -0.1) is 0 Å². The van der Waals surface area contributed by atoms with Crippen molar-refractivity contribution >= 4 is 24.2 Å². The lowest BCUT2D eigenvalue weighted by Gasteiger charge is -2.32. The van der Waals surface area contributed by atoms with Gasteiger partial charge in [-0.1, -0.05) is 12.1 Å². The molecule has 1 aromatic heterocycles. The second kappa shape index (κ2) is 6.24. The molecule has 3 rings (SSSR count). The Kier molecular flexibility index (Phi) is 4.39. The monoisotopic (exact) mass is 339 g/mol. The van der Waals surface area contributed by atoms with E-state index in [4.69, 9.17) is 9.31 Å². The minimum atomic E-state index is -0.471. The van der Waals surface area contributed by atoms with Crippen molar-refractivity contribution in [2.45, 2.75) is 45.8 Å². The number of carbonyl (C=O) groups excluding carboxylic acids is 1. The van der Waals surface area contributed by atoms with E-state index in [1.807, 2.05) is 52.8 Å². The minimum Gasteiger partial charge on any atom is -0.399 e. The Hall–Kier alpha value is -2.25. The maximum absolute atomic E-state index is 12.4. The molecule has 7 heteroatoms. The van der Waals surface area contributed by atoms with Crippen LogP contribution in [0, 0.1) is 6.92 Å². The highest BCUT2D eigenvalue weighted by Crippen LogP contribution is 2.36. The number of hydrogen-bond donors (Lipinski definition) is 1. The first-order valence-corrected chi connectivity index (χ1v) is 8.22.